The van der Waals surface area contributed by atoms with Gasteiger partial charge in [-0.15, -0.1) is 0 Å². The quantitative estimate of drug-likeness (QED) is 0.468. The summed E-state index contributed by atoms with van der Waals surface area (Å²) in [6, 6.07) is 24.1. The number of nitrogens with zero attached hydrogens (tertiary/aromatic N) is 1. The van der Waals surface area contributed by atoms with Gasteiger partial charge in [0.05, 0.1) is 30.5 Å². The smallest absolute Gasteiger partial charge is 0.238 e. The molecule has 0 saturated carbocycles. The molecule has 4 aromatic rings. The minimum Gasteiger partial charge on any atom is -0.497 e. The van der Waals surface area contributed by atoms with Crippen molar-refractivity contribution in [1.29, 1.82) is 0 Å². The van der Waals surface area contributed by atoms with E-state index in [0.717, 1.165) is 39.6 Å². The van der Waals surface area contributed by atoms with Crippen LogP contribution in [-0.2, 0) is 10.0 Å². The Bertz CT molecular complexity index is 1190. The summed E-state index contributed by atoms with van der Waals surface area (Å²) in [5, 5.41) is 12.3. The number of nitrogens with two attached hydrogens (primary N) is 1. The number of methoxy groups -OCH3 is 2. The number of aryl methyl sites for hydroxylation is 1. The van der Waals surface area contributed by atoms with Crippen molar-refractivity contribution < 1.29 is 17.9 Å². The maximum atomic E-state index is 10.7. The van der Waals surface area contributed by atoms with E-state index < -0.39 is 10.0 Å². The van der Waals surface area contributed by atoms with E-state index in [4.69, 9.17) is 14.6 Å². The van der Waals surface area contributed by atoms with E-state index in [-0.39, 0.29) is 4.90 Å². The number of aromatic nitrogens is 2. The van der Waals surface area contributed by atoms with Crippen LogP contribution in [0.3, 0.4) is 0 Å². The van der Waals surface area contributed by atoms with Crippen LogP contribution in [0.2, 0.25) is 0 Å². The molecule has 4 rings (SSSR count). The number of aromatic amines is 1. The number of primary sulfonamides is 1. The molecule has 0 bridgehead atoms. The second-order valence-corrected chi connectivity index (χ2v) is 8.54. The highest BCUT2D eigenvalue weighted by Gasteiger charge is 2.07. The Morgan fingerprint density at radius 3 is 1.75 bits per heavy atom. The van der Waals surface area contributed by atoms with Crippen molar-refractivity contribution in [1.82, 2.24) is 10.2 Å². The van der Waals surface area contributed by atoms with Crippen LogP contribution < -0.4 is 14.6 Å². The summed E-state index contributed by atoms with van der Waals surface area (Å²) in [6.45, 7) is 1.88. The Morgan fingerprint density at radius 1 is 0.781 bits per heavy atom. The van der Waals surface area contributed by atoms with Gasteiger partial charge >= 0.3 is 0 Å². The molecule has 8 heteroatoms. The van der Waals surface area contributed by atoms with Gasteiger partial charge in [-0.3, -0.25) is 5.10 Å². The highest BCUT2D eigenvalue weighted by molar-refractivity contribution is 7.89. The fourth-order valence-corrected chi connectivity index (χ4v) is 3.39. The first-order chi connectivity index (χ1) is 15.3. The van der Waals surface area contributed by atoms with Gasteiger partial charge in [0.2, 0.25) is 10.0 Å². The first kappa shape index (κ1) is 23.1. The molecule has 0 fully saturated rings. The van der Waals surface area contributed by atoms with Gasteiger partial charge in [0.1, 0.15) is 11.5 Å². The lowest BCUT2D eigenvalue weighted by atomic mass is 10.1. The molecular weight excluding hydrogens is 426 g/mol. The predicted molar refractivity (Wildman–Crippen MR) is 125 cm³/mol. The summed E-state index contributed by atoms with van der Waals surface area (Å²) >= 11 is 0. The van der Waals surface area contributed by atoms with Crippen molar-refractivity contribution in [3.05, 3.63) is 84.4 Å². The molecule has 3 N–H and O–H groups in total. The lowest BCUT2D eigenvalue weighted by molar-refractivity contribution is 0.415. The Balaban J connectivity index is 0.000000222. The Labute approximate surface area is 187 Å². The Kier molecular flexibility index (Phi) is 7.29. The Hall–Kier alpha value is -3.62. The number of ether oxygens (including phenoxy) is 2. The van der Waals surface area contributed by atoms with Gasteiger partial charge in [0.15, 0.2) is 0 Å². The van der Waals surface area contributed by atoms with Gasteiger partial charge < -0.3 is 9.47 Å². The van der Waals surface area contributed by atoms with Crippen LogP contribution in [-0.4, -0.2) is 32.8 Å². The summed E-state index contributed by atoms with van der Waals surface area (Å²) in [6.07, 6.45) is 0. The molecule has 0 amide bonds. The fourth-order valence-electron chi connectivity index (χ4n) is 2.88. The molecule has 1 heterocycles. The molecule has 3 aromatic carbocycles. The second kappa shape index (κ2) is 10.1. The van der Waals surface area contributed by atoms with Crippen molar-refractivity contribution in [3.63, 3.8) is 0 Å². The first-order valence-corrected chi connectivity index (χ1v) is 11.3. The molecule has 0 atom stereocenters. The van der Waals surface area contributed by atoms with E-state index >= 15 is 0 Å². The lowest BCUT2D eigenvalue weighted by Crippen LogP contribution is -2.11. The van der Waals surface area contributed by atoms with E-state index in [0.29, 0.717) is 0 Å². The minimum atomic E-state index is -3.52. The molecule has 0 saturated heterocycles. The number of nitrogens with one attached hydrogen (secondary N) is 1. The normalized spacial score (nSPS) is 10.8. The highest BCUT2D eigenvalue weighted by Crippen LogP contribution is 2.26. The summed E-state index contributed by atoms with van der Waals surface area (Å²) < 4.78 is 31.8. The van der Waals surface area contributed by atoms with E-state index in [2.05, 4.69) is 10.2 Å². The fraction of sp³-hybridized carbons (Fsp3) is 0.125. The van der Waals surface area contributed by atoms with E-state index in [9.17, 15) is 8.42 Å². The van der Waals surface area contributed by atoms with E-state index in [1.54, 1.807) is 26.4 Å². The zero-order valence-corrected chi connectivity index (χ0v) is 18.9. The molecule has 0 unspecified atom stereocenters. The zero-order chi connectivity index (χ0) is 23.1. The zero-order valence-electron chi connectivity index (χ0n) is 18.1. The number of H-pyrrole nitrogens is 1. The molecule has 166 valence electrons. The van der Waals surface area contributed by atoms with Crippen molar-refractivity contribution in [3.8, 4) is 34.0 Å². The van der Waals surface area contributed by atoms with Crippen LogP contribution in [0.25, 0.3) is 22.5 Å². The minimum absolute atomic E-state index is 0.156. The first-order valence-electron chi connectivity index (χ1n) is 9.74. The third-order valence-electron chi connectivity index (χ3n) is 4.71. The number of hydrogen-bond acceptors (Lipinski definition) is 5. The predicted octanol–water partition coefficient (Wildman–Crippen LogP) is 4.40. The molecule has 0 aliphatic carbocycles. The standard InChI is InChI=1S/C17H16N2O2.C7H9NO2S/c1-20-14-7-3-12(4-8-14)16-11-17(19-18-16)13-5-9-15(21-2)10-6-13;1-6-2-4-7(5-3-6)11(8,9)10/h3-11H,1-2H3,(H,18,19);2-5H,1H3,(H2,8,9,10). The van der Waals surface area contributed by atoms with Crippen molar-refractivity contribution in [2.45, 2.75) is 11.8 Å². The topological polar surface area (TPSA) is 107 Å². The van der Waals surface area contributed by atoms with Gasteiger partial charge in [-0.2, -0.15) is 5.10 Å². The summed E-state index contributed by atoms with van der Waals surface area (Å²) in [7, 11) is -0.202. The SMILES string of the molecule is COc1ccc(-c2cc(-c3ccc(OC)cc3)[nH]n2)cc1.Cc1ccc(S(N)(=O)=O)cc1. The van der Waals surface area contributed by atoms with Crippen LogP contribution in [0.1, 0.15) is 5.56 Å². The average Bonchev–Trinajstić information content (AvgIpc) is 3.30. The van der Waals surface area contributed by atoms with E-state index in [1.165, 1.54) is 12.1 Å². The maximum absolute atomic E-state index is 10.7. The molecule has 0 radical (unpaired) electrons. The number of sulfonamides is 1. The van der Waals surface area contributed by atoms with Crippen LogP contribution >= 0.6 is 0 Å². The monoisotopic (exact) mass is 451 g/mol. The summed E-state index contributed by atoms with van der Waals surface area (Å²) in [5.41, 5.74) is 5.01. The summed E-state index contributed by atoms with van der Waals surface area (Å²) in [5.74, 6) is 1.68. The maximum Gasteiger partial charge on any atom is 0.238 e. The molecule has 1 aromatic heterocycles. The molecule has 7 nitrogen and oxygen atoms in total. The third-order valence-corrected chi connectivity index (χ3v) is 5.64. The third kappa shape index (κ3) is 5.96. The molecular formula is C24H25N3O4S. The van der Waals surface area contributed by atoms with Crippen LogP contribution in [0.5, 0.6) is 11.5 Å². The van der Waals surface area contributed by atoms with E-state index in [1.807, 2.05) is 61.5 Å². The molecule has 32 heavy (non-hydrogen) atoms. The average molecular weight is 452 g/mol. The van der Waals surface area contributed by atoms with Crippen LogP contribution in [0.15, 0.2) is 83.8 Å². The van der Waals surface area contributed by atoms with Gasteiger partial charge in [0, 0.05) is 5.56 Å². The molecule has 0 spiro atoms. The number of hydrogen-bond donors (Lipinski definition) is 2. The van der Waals surface area contributed by atoms with Crippen molar-refractivity contribution in [2.24, 2.45) is 5.14 Å². The van der Waals surface area contributed by atoms with Gasteiger partial charge in [-0.05, 0) is 79.2 Å². The van der Waals surface area contributed by atoms with Crippen LogP contribution in [0, 0.1) is 6.92 Å². The lowest BCUT2D eigenvalue weighted by Gasteiger charge is -2.01. The summed E-state index contributed by atoms with van der Waals surface area (Å²) in [4.78, 5) is 0.156. The van der Waals surface area contributed by atoms with Crippen molar-refractivity contribution in [2.75, 3.05) is 14.2 Å². The molecule has 0 aliphatic rings. The Morgan fingerprint density at radius 2 is 1.28 bits per heavy atom. The van der Waals surface area contributed by atoms with Crippen molar-refractivity contribution >= 4 is 10.0 Å². The number of benzene rings is 3. The van der Waals surface area contributed by atoms with Crippen LogP contribution in [0.4, 0.5) is 0 Å². The van der Waals surface area contributed by atoms with Gasteiger partial charge in [-0.25, -0.2) is 13.6 Å². The largest absolute Gasteiger partial charge is 0.497 e. The second-order valence-electron chi connectivity index (χ2n) is 6.98. The molecule has 0 aliphatic heterocycles. The van der Waals surface area contributed by atoms with Gasteiger partial charge in [-0.1, -0.05) is 17.7 Å². The highest BCUT2D eigenvalue weighted by atomic mass is 32.2. The van der Waals surface area contributed by atoms with Gasteiger partial charge in [0.25, 0.3) is 0 Å². The number of rotatable bonds is 5.